The predicted molar refractivity (Wildman–Crippen MR) is 68.7 cm³/mol. The van der Waals surface area contributed by atoms with Gasteiger partial charge in [-0.05, 0) is 47.5 Å². The Labute approximate surface area is 113 Å². The molecule has 1 rings (SSSR count). The molecule has 0 heterocycles. The van der Waals surface area contributed by atoms with Crippen molar-refractivity contribution in [2.24, 2.45) is 0 Å². The molecule has 1 atom stereocenters. The Morgan fingerprint density at radius 2 is 2.00 bits per heavy atom. The fourth-order valence-corrected chi connectivity index (χ4v) is 2.27. The molecule has 0 aliphatic heterocycles. The Hall–Kier alpha value is -0.750. The fraction of sp³-hybridized carbons (Fsp3) is 0.500. The van der Waals surface area contributed by atoms with Gasteiger partial charge in [-0.15, -0.1) is 0 Å². The third kappa shape index (κ3) is 4.17. The summed E-state index contributed by atoms with van der Waals surface area (Å²) in [5.41, 5.74) is 1.13. The highest BCUT2D eigenvalue weighted by atomic mass is 79.9. The van der Waals surface area contributed by atoms with Gasteiger partial charge >= 0.3 is 6.18 Å². The van der Waals surface area contributed by atoms with Gasteiger partial charge in [0.2, 0.25) is 0 Å². The lowest BCUT2D eigenvalue weighted by molar-refractivity contribution is -0.119. The molecule has 0 saturated heterocycles. The molecule has 1 aromatic rings. The van der Waals surface area contributed by atoms with Crippen LogP contribution >= 0.6 is 15.9 Å². The Morgan fingerprint density at radius 1 is 1.39 bits per heavy atom. The highest BCUT2D eigenvalue weighted by Crippen LogP contribution is 2.31. The largest absolute Gasteiger partial charge is 0.405 e. The number of alkyl halides is 3. The van der Waals surface area contributed by atoms with Crippen LogP contribution in [0.25, 0.3) is 0 Å². The molecule has 0 radical (unpaired) electrons. The van der Waals surface area contributed by atoms with Gasteiger partial charge in [-0.2, -0.15) is 13.2 Å². The molecular formula is C12H15BrF3NO. The fourth-order valence-electron chi connectivity index (χ4n) is 1.62. The van der Waals surface area contributed by atoms with E-state index in [1.165, 1.54) is 4.90 Å². The van der Waals surface area contributed by atoms with Gasteiger partial charge in [-0.1, -0.05) is 6.07 Å². The van der Waals surface area contributed by atoms with E-state index in [-0.39, 0.29) is 6.54 Å². The number of halogens is 4. The summed E-state index contributed by atoms with van der Waals surface area (Å²) in [5.74, 6) is 0. The minimum absolute atomic E-state index is 0.256. The summed E-state index contributed by atoms with van der Waals surface area (Å²) in [6.07, 6.45) is -4.88. The van der Waals surface area contributed by atoms with E-state index in [0.29, 0.717) is 15.7 Å². The number of hydrogen-bond acceptors (Lipinski definition) is 2. The first-order valence-corrected chi connectivity index (χ1v) is 6.33. The van der Waals surface area contributed by atoms with E-state index in [2.05, 4.69) is 15.9 Å². The zero-order chi connectivity index (χ0) is 13.9. The van der Waals surface area contributed by atoms with Gasteiger partial charge in [0.05, 0.1) is 11.8 Å². The number of hydrogen-bond donors (Lipinski definition) is 1. The molecule has 1 unspecified atom stereocenters. The van der Waals surface area contributed by atoms with Gasteiger partial charge in [0.25, 0.3) is 0 Å². The highest BCUT2D eigenvalue weighted by molar-refractivity contribution is 9.10. The van der Waals surface area contributed by atoms with Crippen molar-refractivity contribution in [3.05, 3.63) is 28.2 Å². The van der Waals surface area contributed by atoms with Crippen LogP contribution in [0.15, 0.2) is 22.7 Å². The van der Waals surface area contributed by atoms with Crippen molar-refractivity contribution in [3.63, 3.8) is 0 Å². The molecule has 6 heteroatoms. The number of aliphatic hydroxyl groups excluding tert-OH is 1. The van der Waals surface area contributed by atoms with Gasteiger partial charge in [0.1, 0.15) is 6.54 Å². The van der Waals surface area contributed by atoms with E-state index < -0.39 is 18.8 Å². The molecule has 0 bridgehead atoms. The minimum atomic E-state index is -4.24. The molecule has 0 spiro atoms. The first-order chi connectivity index (χ1) is 8.24. The Morgan fingerprint density at radius 3 is 2.39 bits per heavy atom. The van der Waals surface area contributed by atoms with E-state index in [1.807, 2.05) is 0 Å². The molecule has 102 valence electrons. The molecule has 0 aliphatic rings. The van der Waals surface area contributed by atoms with E-state index >= 15 is 0 Å². The molecule has 1 aromatic carbocycles. The molecule has 1 N–H and O–H groups in total. The number of nitrogens with zero attached hydrogens (tertiary/aromatic N) is 1. The summed E-state index contributed by atoms with van der Waals surface area (Å²) in [5, 5.41) is 9.41. The van der Waals surface area contributed by atoms with E-state index in [1.54, 1.807) is 32.0 Å². The van der Waals surface area contributed by atoms with E-state index in [9.17, 15) is 18.3 Å². The molecule has 18 heavy (non-hydrogen) atoms. The van der Waals surface area contributed by atoms with Gasteiger partial charge in [0, 0.05) is 11.0 Å². The smallest absolute Gasteiger partial charge is 0.389 e. The molecule has 0 amide bonds. The van der Waals surface area contributed by atoms with Crippen molar-refractivity contribution >= 4 is 21.6 Å². The SMILES string of the molecule is CCN(CC(F)(F)F)c1ccc(C(C)O)cc1Br. The third-order valence-corrected chi connectivity index (χ3v) is 3.18. The molecule has 0 saturated carbocycles. The quantitative estimate of drug-likeness (QED) is 0.907. The van der Waals surface area contributed by atoms with Gasteiger partial charge in [-0.3, -0.25) is 0 Å². The second-order valence-electron chi connectivity index (χ2n) is 4.02. The van der Waals surface area contributed by atoms with Crippen molar-refractivity contribution in [2.75, 3.05) is 18.0 Å². The lowest BCUT2D eigenvalue weighted by Gasteiger charge is -2.26. The van der Waals surface area contributed by atoms with Crippen molar-refractivity contribution < 1.29 is 18.3 Å². The molecule has 2 nitrogen and oxygen atoms in total. The van der Waals surface area contributed by atoms with Gasteiger partial charge in [-0.25, -0.2) is 0 Å². The van der Waals surface area contributed by atoms with E-state index in [0.717, 1.165) is 0 Å². The standard InChI is InChI=1S/C12H15BrF3NO/c1-3-17(7-12(14,15)16)11-5-4-9(8(2)18)6-10(11)13/h4-6,8,18H,3,7H2,1-2H3. The van der Waals surface area contributed by atoms with Crippen molar-refractivity contribution in [2.45, 2.75) is 26.1 Å². The minimum Gasteiger partial charge on any atom is -0.389 e. The monoisotopic (exact) mass is 325 g/mol. The topological polar surface area (TPSA) is 23.5 Å². The van der Waals surface area contributed by atoms with Gasteiger partial charge < -0.3 is 10.0 Å². The molecule has 0 aromatic heterocycles. The summed E-state index contributed by atoms with van der Waals surface area (Å²) >= 11 is 3.24. The normalized spacial score (nSPS) is 13.5. The van der Waals surface area contributed by atoms with E-state index in [4.69, 9.17) is 0 Å². The maximum atomic E-state index is 12.4. The zero-order valence-corrected chi connectivity index (χ0v) is 11.7. The van der Waals surface area contributed by atoms with Crippen LogP contribution in [0.2, 0.25) is 0 Å². The summed E-state index contributed by atoms with van der Waals surface area (Å²) in [6, 6.07) is 4.85. The van der Waals surface area contributed by atoms with Crippen LogP contribution in [-0.2, 0) is 0 Å². The number of aliphatic hydroxyl groups is 1. The Bertz CT molecular complexity index is 407. The number of anilines is 1. The molecule has 0 aliphatic carbocycles. The first-order valence-electron chi connectivity index (χ1n) is 5.53. The average molecular weight is 326 g/mol. The molecule has 0 fully saturated rings. The third-order valence-electron chi connectivity index (χ3n) is 2.55. The number of benzene rings is 1. The second-order valence-corrected chi connectivity index (χ2v) is 4.87. The lowest BCUT2D eigenvalue weighted by atomic mass is 10.1. The first kappa shape index (κ1) is 15.3. The summed E-state index contributed by atoms with van der Waals surface area (Å²) in [7, 11) is 0. The zero-order valence-electron chi connectivity index (χ0n) is 10.1. The van der Waals surface area contributed by atoms with Crippen molar-refractivity contribution in [1.82, 2.24) is 0 Å². The predicted octanol–water partition coefficient (Wildman–Crippen LogP) is 3.89. The van der Waals surface area contributed by atoms with Crippen LogP contribution in [-0.4, -0.2) is 24.4 Å². The Balaban J connectivity index is 3.00. The van der Waals surface area contributed by atoms with Crippen LogP contribution in [0.1, 0.15) is 25.5 Å². The summed E-state index contributed by atoms with van der Waals surface area (Å²) < 4.78 is 37.8. The van der Waals surface area contributed by atoms with Gasteiger partial charge in [0.15, 0.2) is 0 Å². The maximum Gasteiger partial charge on any atom is 0.405 e. The van der Waals surface area contributed by atoms with Crippen LogP contribution in [0, 0.1) is 0 Å². The number of rotatable bonds is 4. The van der Waals surface area contributed by atoms with Crippen molar-refractivity contribution in [1.29, 1.82) is 0 Å². The van der Waals surface area contributed by atoms with Crippen LogP contribution in [0.3, 0.4) is 0 Å². The lowest BCUT2D eigenvalue weighted by Crippen LogP contribution is -2.34. The van der Waals surface area contributed by atoms with Crippen LogP contribution < -0.4 is 4.90 Å². The second kappa shape index (κ2) is 5.93. The van der Waals surface area contributed by atoms with Crippen LogP contribution in [0.5, 0.6) is 0 Å². The summed E-state index contributed by atoms with van der Waals surface area (Å²) in [6.45, 7) is 2.54. The average Bonchev–Trinajstić information content (AvgIpc) is 2.24. The summed E-state index contributed by atoms with van der Waals surface area (Å²) in [4.78, 5) is 1.23. The maximum absolute atomic E-state index is 12.4. The molecular weight excluding hydrogens is 311 g/mol. The Kier molecular flexibility index (Phi) is 5.04. The van der Waals surface area contributed by atoms with Crippen LogP contribution in [0.4, 0.5) is 18.9 Å². The highest BCUT2D eigenvalue weighted by Gasteiger charge is 2.30. The van der Waals surface area contributed by atoms with Crippen molar-refractivity contribution in [3.8, 4) is 0 Å².